The zero-order valence-electron chi connectivity index (χ0n) is 13.4. The van der Waals surface area contributed by atoms with Gasteiger partial charge in [0.15, 0.2) is 5.13 Å². The summed E-state index contributed by atoms with van der Waals surface area (Å²) in [7, 11) is 1.86. The van der Waals surface area contributed by atoms with Crippen molar-refractivity contribution < 1.29 is 9.59 Å². The van der Waals surface area contributed by atoms with Crippen molar-refractivity contribution in [3.63, 3.8) is 0 Å². The summed E-state index contributed by atoms with van der Waals surface area (Å²) in [4.78, 5) is 32.2. The number of carbonyl (C=O) groups excluding carboxylic acids is 2. The summed E-state index contributed by atoms with van der Waals surface area (Å²) in [5, 5.41) is 5.25. The summed E-state index contributed by atoms with van der Waals surface area (Å²) in [6.45, 7) is 5.98. The van der Waals surface area contributed by atoms with Gasteiger partial charge in [-0.05, 0) is 39.8 Å². The standard InChI is InChI=1S/C15H24N4O2S/c1-11(2)18(3)14(21)12-4-7-19(8-5-12)10-13(20)17-15-16-6-9-22-15/h6,9,11-12H,4-5,7-8,10H2,1-3H3,(H,16,17,20). The van der Waals surface area contributed by atoms with Gasteiger partial charge in [0.05, 0.1) is 6.54 Å². The summed E-state index contributed by atoms with van der Waals surface area (Å²) < 4.78 is 0. The first kappa shape index (κ1) is 16.9. The predicted octanol–water partition coefficient (Wildman–Crippen LogP) is 1.66. The van der Waals surface area contributed by atoms with Crippen molar-refractivity contribution >= 4 is 28.3 Å². The van der Waals surface area contributed by atoms with Crippen molar-refractivity contribution in [3.8, 4) is 0 Å². The van der Waals surface area contributed by atoms with E-state index in [4.69, 9.17) is 0 Å². The highest BCUT2D eigenvalue weighted by Crippen LogP contribution is 2.20. The van der Waals surface area contributed by atoms with E-state index in [0.717, 1.165) is 25.9 Å². The molecule has 2 heterocycles. The summed E-state index contributed by atoms with van der Waals surface area (Å²) in [6, 6.07) is 0.231. The number of hydrogen-bond acceptors (Lipinski definition) is 5. The van der Waals surface area contributed by atoms with E-state index in [1.54, 1.807) is 6.20 Å². The van der Waals surface area contributed by atoms with Crippen molar-refractivity contribution in [2.24, 2.45) is 5.92 Å². The molecule has 0 unspecified atom stereocenters. The van der Waals surface area contributed by atoms with Crippen LogP contribution in [0.25, 0.3) is 0 Å². The third-order valence-corrected chi connectivity index (χ3v) is 4.79. The molecule has 122 valence electrons. The van der Waals surface area contributed by atoms with E-state index in [0.29, 0.717) is 11.7 Å². The number of nitrogens with zero attached hydrogens (tertiary/aromatic N) is 3. The topological polar surface area (TPSA) is 65.5 Å². The molecule has 1 aromatic heterocycles. The number of hydrogen-bond donors (Lipinski definition) is 1. The predicted molar refractivity (Wildman–Crippen MR) is 87.8 cm³/mol. The lowest BCUT2D eigenvalue weighted by atomic mass is 9.95. The van der Waals surface area contributed by atoms with Gasteiger partial charge in [-0.2, -0.15) is 0 Å². The van der Waals surface area contributed by atoms with Gasteiger partial charge < -0.3 is 10.2 Å². The second-order valence-electron chi connectivity index (χ2n) is 5.98. The van der Waals surface area contributed by atoms with Crippen LogP contribution in [0.3, 0.4) is 0 Å². The largest absolute Gasteiger partial charge is 0.343 e. The average Bonchev–Trinajstić information content (AvgIpc) is 2.99. The Balaban J connectivity index is 1.75. The molecule has 1 aliphatic heterocycles. The monoisotopic (exact) mass is 324 g/mol. The molecule has 1 fully saturated rings. The van der Waals surface area contributed by atoms with Crippen LogP contribution in [0.1, 0.15) is 26.7 Å². The maximum Gasteiger partial charge on any atom is 0.240 e. The SMILES string of the molecule is CC(C)N(C)C(=O)C1CCN(CC(=O)Nc2nccs2)CC1. The molecule has 1 aromatic rings. The fourth-order valence-electron chi connectivity index (χ4n) is 2.53. The number of carbonyl (C=O) groups is 2. The summed E-state index contributed by atoms with van der Waals surface area (Å²) >= 11 is 1.41. The quantitative estimate of drug-likeness (QED) is 0.894. The summed E-state index contributed by atoms with van der Waals surface area (Å²) in [5.41, 5.74) is 0. The molecule has 1 N–H and O–H groups in total. The minimum absolute atomic E-state index is 0.0426. The van der Waals surface area contributed by atoms with Crippen LogP contribution in [0.15, 0.2) is 11.6 Å². The Kier molecular flexibility index (Phi) is 5.90. The molecule has 2 rings (SSSR count). The van der Waals surface area contributed by atoms with Crippen LogP contribution in [-0.4, -0.2) is 59.3 Å². The first-order chi connectivity index (χ1) is 10.5. The van der Waals surface area contributed by atoms with E-state index < -0.39 is 0 Å². The Morgan fingerprint density at radius 2 is 2.14 bits per heavy atom. The molecule has 22 heavy (non-hydrogen) atoms. The van der Waals surface area contributed by atoms with Crippen molar-refractivity contribution in [3.05, 3.63) is 11.6 Å². The zero-order chi connectivity index (χ0) is 16.1. The molecule has 7 heteroatoms. The maximum atomic E-state index is 12.3. The number of rotatable bonds is 5. The highest BCUT2D eigenvalue weighted by molar-refractivity contribution is 7.13. The van der Waals surface area contributed by atoms with E-state index >= 15 is 0 Å². The van der Waals surface area contributed by atoms with E-state index in [1.807, 2.05) is 31.2 Å². The van der Waals surface area contributed by atoms with Crippen molar-refractivity contribution in [2.75, 3.05) is 32.0 Å². The number of likely N-dealkylation sites (tertiary alicyclic amines) is 1. The van der Waals surface area contributed by atoms with Gasteiger partial charge in [-0.1, -0.05) is 0 Å². The Morgan fingerprint density at radius 3 is 2.68 bits per heavy atom. The van der Waals surface area contributed by atoms with E-state index in [1.165, 1.54) is 11.3 Å². The first-order valence-corrected chi connectivity index (χ1v) is 8.53. The van der Waals surface area contributed by atoms with Gasteiger partial charge in [0.2, 0.25) is 11.8 Å². The van der Waals surface area contributed by atoms with Crippen LogP contribution in [0.5, 0.6) is 0 Å². The molecule has 0 aliphatic carbocycles. The third kappa shape index (κ3) is 4.51. The molecule has 1 saturated heterocycles. The third-order valence-electron chi connectivity index (χ3n) is 4.10. The highest BCUT2D eigenvalue weighted by atomic mass is 32.1. The smallest absolute Gasteiger partial charge is 0.240 e. The molecule has 6 nitrogen and oxygen atoms in total. The van der Waals surface area contributed by atoms with E-state index in [-0.39, 0.29) is 23.8 Å². The normalized spacial score (nSPS) is 16.7. The number of anilines is 1. The van der Waals surface area contributed by atoms with Crippen molar-refractivity contribution in [2.45, 2.75) is 32.7 Å². The van der Waals surface area contributed by atoms with E-state index in [2.05, 4.69) is 15.2 Å². The second kappa shape index (κ2) is 7.69. The van der Waals surface area contributed by atoms with Crippen LogP contribution in [0.2, 0.25) is 0 Å². The molecular weight excluding hydrogens is 300 g/mol. The van der Waals surface area contributed by atoms with Gasteiger partial charge in [0.25, 0.3) is 0 Å². The van der Waals surface area contributed by atoms with Crippen molar-refractivity contribution in [1.82, 2.24) is 14.8 Å². The number of amides is 2. The Morgan fingerprint density at radius 1 is 1.45 bits per heavy atom. The highest BCUT2D eigenvalue weighted by Gasteiger charge is 2.28. The lowest BCUT2D eigenvalue weighted by Crippen LogP contribution is -2.45. The summed E-state index contributed by atoms with van der Waals surface area (Å²) in [6.07, 6.45) is 3.31. The summed E-state index contributed by atoms with van der Waals surface area (Å²) in [5.74, 6) is 0.270. The second-order valence-corrected chi connectivity index (χ2v) is 6.87. The molecule has 1 aliphatic rings. The number of nitrogens with one attached hydrogen (secondary N) is 1. The molecule has 2 amide bonds. The first-order valence-electron chi connectivity index (χ1n) is 7.65. The lowest BCUT2D eigenvalue weighted by molar-refractivity contribution is -0.137. The van der Waals surface area contributed by atoms with Gasteiger partial charge in [-0.15, -0.1) is 11.3 Å². The Labute approximate surface area is 135 Å². The van der Waals surface area contributed by atoms with Crippen LogP contribution in [0.4, 0.5) is 5.13 Å². The number of aromatic nitrogens is 1. The minimum atomic E-state index is -0.0426. The molecule has 0 atom stereocenters. The molecule has 0 aromatic carbocycles. The van der Waals surface area contributed by atoms with Crippen molar-refractivity contribution in [1.29, 1.82) is 0 Å². The molecule has 0 saturated carbocycles. The van der Waals surface area contributed by atoms with E-state index in [9.17, 15) is 9.59 Å². The Hall–Kier alpha value is -1.47. The molecular formula is C15H24N4O2S. The van der Waals surface area contributed by atoms with Crippen LogP contribution < -0.4 is 5.32 Å². The number of thiazole rings is 1. The van der Waals surface area contributed by atoms with Crippen LogP contribution in [-0.2, 0) is 9.59 Å². The zero-order valence-corrected chi connectivity index (χ0v) is 14.2. The van der Waals surface area contributed by atoms with Crippen LogP contribution in [0, 0.1) is 5.92 Å². The molecule has 0 spiro atoms. The van der Waals surface area contributed by atoms with Gasteiger partial charge in [-0.3, -0.25) is 14.5 Å². The maximum absolute atomic E-state index is 12.3. The van der Waals surface area contributed by atoms with Crippen LogP contribution >= 0.6 is 11.3 Å². The molecule has 0 radical (unpaired) electrons. The molecule has 0 bridgehead atoms. The fraction of sp³-hybridized carbons (Fsp3) is 0.667. The number of piperidine rings is 1. The minimum Gasteiger partial charge on any atom is -0.343 e. The fourth-order valence-corrected chi connectivity index (χ4v) is 3.07. The lowest BCUT2D eigenvalue weighted by Gasteiger charge is -2.33. The van der Waals surface area contributed by atoms with Gasteiger partial charge in [0.1, 0.15) is 0 Å². The Bertz CT molecular complexity index is 496. The average molecular weight is 324 g/mol. The van der Waals surface area contributed by atoms with Gasteiger partial charge in [-0.25, -0.2) is 4.98 Å². The van der Waals surface area contributed by atoms with Gasteiger partial charge in [0, 0.05) is 30.6 Å². The van der Waals surface area contributed by atoms with Gasteiger partial charge >= 0.3 is 0 Å².